The molecule has 1 fully saturated rings. The van der Waals surface area contributed by atoms with Gasteiger partial charge in [0.1, 0.15) is 0 Å². The molecule has 2 aromatic rings. The first-order valence-electron chi connectivity index (χ1n) is 9.02. The molecule has 0 aromatic heterocycles. The van der Waals surface area contributed by atoms with Crippen LogP contribution in [0.25, 0.3) is 0 Å². The number of carbonyl (C=O) groups excluding carboxylic acids is 2. The number of ether oxygens (including phenoxy) is 2. The van der Waals surface area contributed by atoms with E-state index in [9.17, 15) is 18.0 Å². The molecule has 0 saturated carbocycles. The van der Waals surface area contributed by atoms with Crippen LogP contribution in [-0.2, 0) is 19.5 Å². The molecule has 1 heterocycles. The molecule has 154 valence electrons. The average Bonchev–Trinajstić information content (AvgIpc) is 3.25. The molecule has 1 saturated heterocycles. The van der Waals surface area contributed by atoms with Crippen LogP contribution in [0.2, 0.25) is 5.02 Å². The molecule has 29 heavy (non-hydrogen) atoms. The Labute approximate surface area is 174 Å². The van der Waals surface area contributed by atoms with Crippen LogP contribution in [0.3, 0.4) is 0 Å². The van der Waals surface area contributed by atoms with Gasteiger partial charge in [0.15, 0.2) is 12.4 Å². The number of hydrogen-bond acceptors (Lipinski definition) is 6. The molecule has 0 aliphatic carbocycles. The summed E-state index contributed by atoms with van der Waals surface area (Å²) in [7, 11) is -3.70. The van der Waals surface area contributed by atoms with Crippen molar-refractivity contribution in [2.45, 2.75) is 23.8 Å². The van der Waals surface area contributed by atoms with Crippen molar-refractivity contribution in [2.75, 3.05) is 19.8 Å². The van der Waals surface area contributed by atoms with E-state index in [0.29, 0.717) is 17.2 Å². The summed E-state index contributed by atoms with van der Waals surface area (Å²) in [4.78, 5) is 24.2. The second-order valence-electron chi connectivity index (χ2n) is 6.52. The topological polar surface area (TPSA) is 98.8 Å². The zero-order valence-electron chi connectivity index (χ0n) is 15.5. The monoisotopic (exact) mass is 437 g/mol. The summed E-state index contributed by atoms with van der Waals surface area (Å²) in [5, 5.41) is 0.499. The molecule has 9 heteroatoms. The van der Waals surface area contributed by atoms with Crippen LogP contribution in [0, 0.1) is 0 Å². The third-order valence-corrected chi connectivity index (χ3v) is 6.12. The van der Waals surface area contributed by atoms with Gasteiger partial charge in [-0.1, -0.05) is 11.6 Å². The van der Waals surface area contributed by atoms with E-state index in [1.54, 1.807) is 24.3 Å². The molecule has 0 amide bonds. The number of benzene rings is 2. The van der Waals surface area contributed by atoms with Crippen molar-refractivity contribution in [1.82, 2.24) is 4.72 Å². The Bertz CT molecular complexity index is 967. The Morgan fingerprint density at radius 1 is 1.07 bits per heavy atom. The van der Waals surface area contributed by atoms with E-state index in [1.807, 2.05) is 0 Å². The summed E-state index contributed by atoms with van der Waals surface area (Å²) < 4.78 is 37.6. The van der Waals surface area contributed by atoms with Gasteiger partial charge in [0.2, 0.25) is 10.0 Å². The lowest BCUT2D eigenvalue weighted by atomic mass is 10.1. The van der Waals surface area contributed by atoms with Crippen molar-refractivity contribution in [3.63, 3.8) is 0 Å². The van der Waals surface area contributed by atoms with Crippen LogP contribution in [-0.4, -0.2) is 46.0 Å². The predicted molar refractivity (Wildman–Crippen MR) is 107 cm³/mol. The minimum Gasteiger partial charge on any atom is -0.454 e. The van der Waals surface area contributed by atoms with Gasteiger partial charge in [0.25, 0.3) is 0 Å². The van der Waals surface area contributed by atoms with Crippen molar-refractivity contribution >= 4 is 33.4 Å². The highest BCUT2D eigenvalue weighted by molar-refractivity contribution is 7.89. The highest BCUT2D eigenvalue weighted by Gasteiger charge is 2.21. The quantitative estimate of drug-likeness (QED) is 0.503. The van der Waals surface area contributed by atoms with Gasteiger partial charge < -0.3 is 9.47 Å². The van der Waals surface area contributed by atoms with E-state index in [4.69, 9.17) is 21.1 Å². The fourth-order valence-electron chi connectivity index (χ4n) is 2.80. The average molecular weight is 438 g/mol. The van der Waals surface area contributed by atoms with Gasteiger partial charge in [0.05, 0.1) is 16.6 Å². The molecule has 7 nitrogen and oxygen atoms in total. The van der Waals surface area contributed by atoms with Crippen LogP contribution in [0.4, 0.5) is 0 Å². The van der Waals surface area contributed by atoms with Gasteiger partial charge in [-0.2, -0.15) is 0 Å². The summed E-state index contributed by atoms with van der Waals surface area (Å²) >= 11 is 5.77. The number of sulfonamides is 1. The Morgan fingerprint density at radius 2 is 1.72 bits per heavy atom. The molecule has 3 rings (SSSR count). The van der Waals surface area contributed by atoms with Crippen LogP contribution in [0.15, 0.2) is 53.4 Å². The van der Waals surface area contributed by atoms with Crippen LogP contribution in [0.1, 0.15) is 33.6 Å². The standard InChI is InChI=1S/C20H20ClNO6S/c21-16-7-3-14(4-8-16)19(23)13-28-20(24)15-5-9-18(10-6-15)29(25,26)22-12-17-2-1-11-27-17/h3-10,17,22H,1-2,11-13H2/t17-/m0/s1. The van der Waals surface area contributed by atoms with E-state index in [2.05, 4.69) is 4.72 Å². The maximum Gasteiger partial charge on any atom is 0.338 e. The van der Waals surface area contributed by atoms with E-state index in [-0.39, 0.29) is 28.9 Å². The number of carbonyl (C=O) groups is 2. The first-order valence-corrected chi connectivity index (χ1v) is 10.9. The molecule has 0 spiro atoms. The van der Waals surface area contributed by atoms with E-state index < -0.39 is 22.6 Å². The lowest BCUT2D eigenvalue weighted by molar-refractivity contribution is 0.0474. The SMILES string of the molecule is O=C(COC(=O)c1ccc(S(=O)(=O)NC[C@@H]2CCCO2)cc1)c1ccc(Cl)cc1. The molecule has 0 unspecified atom stereocenters. The van der Waals surface area contributed by atoms with Crippen LogP contribution < -0.4 is 4.72 Å². The number of Topliss-reactive ketones (excluding diaryl/α,β-unsaturated/α-hetero) is 1. The van der Waals surface area contributed by atoms with Crippen LogP contribution >= 0.6 is 11.6 Å². The molecule has 1 aliphatic heterocycles. The zero-order valence-corrected chi connectivity index (χ0v) is 17.0. The first kappa shape index (κ1) is 21.4. The smallest absolute Gasteiger partial charge is 0.338 e. The van der Waals surface area contributed by atoms with Crippen molar-refractivity contribution in [3.05, 3.63) is 64.7 Å². The highest BCUT2D eigenvalue weighted by atomic mass is 35.5. The number of hydrogen-bond donors (Lipinski definition) is 1. The molecule has 1 atom stereocenters. The molecule has 1 aliphatic rings. The Hall–Kier alpha value is -2.26. The van der Waals surface area contributed by atoms with Gasteiger partial charge >= 0.3 is 5.97 Å². The minimum absolute atomic E-state index is 0.0317. The highest BCUT2D eigenvalue weighted by Crippen LogP contribution is 2.15. The molecule has 2 aromatic carbocycles. The number of halogens is 1. The van der Waals surface area contributed by atoms with Gasteiger partial charge in [-0.25, -0.2) is 17.9 Å². The summed E-state index contributed by atoms with van der Waals surface area (Å²) in [6.07, 6.45) is 1.63. The molecular formula is C20H20ClNO6S. The normalized spacial score (nSPS) is 16.5. The summed E-state index contributed by atoms with van der Waals surface area (Å²) in [5.41, 5.74) is 0.521. The Morgan fingerprint density at radius 3 is 2.34 bits per heavy atom. The first-order chi connectivity index (χ1) is 13.8. The zero-order chi connectivity index (χ0) is 20.9. The maximum absolute atomic E-state index is 12.3. The molecule has 0 radical (unpaired) electrons. The second-order valence-corrected chi connectivity index (χ2v) is 8.72. The van der Waals surface area contributed by atoms with Gasteiger partial charge in [0, 0.05) is 23.7 Å². The number of esters is 1. The molecular weight excluding hydrogens is 418 g/mol. The molecule has 1 N–H and O–H groups in total. The number of rotatable bonds is 8. The fraction of sp³-hybridized carbons (Fsp3) is 0.300. The van der Waals surface area contributed by atoms with Crippen molar-refractivity contribution in [3.8, 4) is 0 Å². The third-order valence-electron chi connectivity index (χ3n) is 4.43. The second kappa shape index (κ2) is 9.49. The Balaban J connectivity index is 1.55. The Kier molecular flexibility index (Phi) is 7.02. The maximum atomic E-state index is 12.3. The van der Waals surface area contributed by atoms with Gasteiger partial charge in [-0.15, -0.1) is 0 Å². The van der Waals surface area contributed by atoms with Crippen molar-refractivity contribution < 1.29 is 27.5 Å². The van der Waals surface area contributed by atoms with Crippen molar-refractivity contribution in [2.24, 2.45) is 0 Å². The summed E-state index contributed by atoms with van der Waals surface area (Å²) in [5.74, 6) is -1.09. The predicted octanol–water partition coefficient (Wildman–Crippen LogP) is 2.84. The number of ketones is 1. The van der Waals surface area contributed by atoms with Crippen LogP contribution in [0.5, 0.6) is 0 Å². The van der Waals surface area contributed by atoms with E-state index in [1.165, 1.54) is 24.3 Å². The van der Waals surface area contributed by atoms with E-state index in [0.717, 1.165) is 12.8 Å². The summed E-state index contributed by atoms with van der Waals surface area (Å²) in [6.45, 7) is 0.423. The van der Waals surface area contributed by atoms with E-state index >= 15 is 0 Å². The van der Waals surface area contributed by atoms with Gasteiger partial charge in [-0.05, 0) is 61.4 Å². The van der Waals surface area contributed by atoms with Gasteiger partial charge in [-0.3, -0.25) is 4.79 Å². The molecule has 0 bridgehead atoms. The largest absolute Gasteiger partial charge is 0.454 e. The van der Waals surface area contributed by atoms with Crippen molar-refractivity contribution in [1.29, 1.82) is 0 Å². The summed E-state index contributed by atoms with van der Waals surface area (Å²) in [6, 6.07) is 11.5. The number of nitrogens with one attached hydrogen (secondary N) is 1. The lowest BCUT2D eigenvalue weighted by Crippen LogP contribution is -2.31. The fourth-order valence-corrected chi connectivity index (χ4v) is 3.99. The minimum atomic E-state index is -3.70. The third kappa shape index (κ3) is 5.86. The lowest BCUT2D eigenvalue weighted by Gasteiger charge is -2.11.